The van der Waals surface area contributed by atoms with Gasteiger partial charge in [-0.1, -0.05) is 55.8 Å². The van der Waals surface area contributed by atoms with E-state index in [1.54, 1.807) is 0 Å². The van der Waals surface area contributed by atoms with E-state index in [9.17, 15) is 0 Å². The lowest BCUT2D eigenvalue weighted by Gasteiger charge is -2.18. The Morgan fingerprint density at radius 2 is 1.82 bits per heavy atom. The molecule has 0 fully saturated rings. The maximum atomic E-state index is 5.83. The highest BCUT2D eigenvalue weighted by Gasteiger charge is 2.03. The third-order valence-electron chi connectivity index (χ3n) is 4.55. The van der Waals surface area contributed by atoms with Crippen LogP contribution in [0, 0.1) is 0 Å². The summed E-state index contributed by atoms with van der Waals surface area (Å²) in [5, 5.41) is 7.22. The van der Waals surface area contributed by atoms with E-state index in [4.69, 9.17) is 16.6 Å². The van der Waals surface area contributed by atoms with Crippen LogP contribution in [0.4, 0.5) is 0 Å². The SMILES string of the molecule is CCNC(=NCc1cccc(CN(CC)CC)c1)NCCc1ccc(Cl)nc1. The Kier molecular flexibility index (Phi) is 9.80. The van der Waals surface area contributed by atoms with E-state index in [1.807, 2.05) is 18.3 Å². The Bertz CT molecular complexity index is 726. The first-order valence-electron chi connectivity index (χ1n) is 10.1. The first kappa shape index (κ1) is 22.2. The maximum absolute atomic E-state index is 5.83. The van der Waals surface area contributed by atoms with Crippen LogP contribution in [0.2, 0.25) is 5.15 Å². The van der Waals surface area contributed by atoms with Crippen molar-refractivity contribution in [3.05, 3.63) is 64.4 Å². The van der Waals surface area contributed by atoms with Crippen LogP contribution in [-0.2, 0) is 19.5 Å². The topological polar surface area (TPSA) is 52.6 Å². The Morgan fingerprint density at radius 3 is 2.50 bits per heavy atom. The van der Waals surface area contributed by atoms with Crippen molar-refractivity contribution in [2.24, 2.45) is 4.99 Å². The third kappa shape index (κ3) is 7.87. The van der Waals surface area contributed by atoms with Gasteiger partial charge in [0.05, 0.1) is 6.54 Å². The number of nitrogens with zero attached hydrogens (tertiary/aromatic N) is 3. The highest BCUT2D eigenvalue weighted by Crippen LogP contribution is 2.10. The molecule has 0 aliphatic heterocycles. The molecule has 2 aromatic rings. The van der Waals surface area contributed by atoms with E-state index < -0.39 is 0 Å². The van der Waals surface area contributed by atoms with Gasteiger partial charge in [-0.25, -0.2) is 9.98 Å². The van der Waals surface area contributed by atoms with Crippen molar-refractivity contribution in [2.45, 2.75) is 40.3 Å². The summed E-state index contributed by atoms with van der Waals surface area (Å²) in [4.78, 5) is 11.3. The second-order valence-corrected chi connectivity index (χ2v) is 7.03. The van der Waals surface area contributed by atoms with E-state index in [2.05, 4.69) is 65.6 Å². The highest BCUT2D eigenvalue weighted by molar-refractivity contribution is 6.29. The summed E-state index contributed by atoms with van der Waals surface area (Å²) in [6.07, 6.45) is 2.68. The minimum atomic E-state index is 0.523. The maximum Gasteiger partial charge on any atom is 0.191 e. The molecule has 5 nitrogen and oxygen atoms in total. The second-order valence-electron chi connectivity index (χ2n) is 6.64. The van der Waals surface area contributed by atoms with Crippen LogP contribution >= 0.6 is 11.6 Å². The van der Waals surface area contributed by atoms with Gasteiger partial charge < -0.3 is 10.6 Å². The van der Waals surface area contributed by atoms with Gasteiger partial charge in [0.25, 0.3) is 0 Å². The Labute approximate surface area is 174 Å². The molecular formula is C22H32ClN5. The van der Waals surface area contributed by atoms with E-state index in [-0.39, 0.29) is 0 Å². The number of pyridine rings is 1. The van der Waals surface area contributed by atoms with Crippen LogP contribution in [0.5, 0.6) is 0 Å². The Balaban J connectivity index is 1.91. The quantitative estimate of drug-likeness (QED) is 0.360. The van der Waals surface area contributed by atoms with Gasteiger partial charge in [0.15, 0.2) is 5.96 Å². The molecule has 0 bridgehead atoms. The highest BCUT2D eigenvalue weighted by atomic mass is 35.5. The second kappa shape index (κ2) is 12.4. The fourth-order valence-corrected chi connectivity index (χ4v) is 3.04. The molecule has 0 unspecified atom stereocenters. The molecule has 28 heavy (non-hydrogen) atoms. The van der Waals surface area contributed by atoms with Crippen LogP contribution in [0.1, 0.15) is 37.5 Å². The van der Waals surface area contributed by atoms with Gasteiger partial charge in [0.2, 0.25) is 0 Å². The molecule has 1 heterocycles. The first-order chi connectivity index (χ1) is 13.6. The number of hydrogen-bond donors (Lipinski definition) is 2. The minimum Gasteiger partial charge on any atom is -0.357 e. The Hall–Kier alpha value is -2.11. The zero-order valence-electron chi connectivity index (χ0n) is 17.2. The molecule has 0 atom stereocenters. The van der Waals surface area contributed by atoms with Crippen molar-refractivity contribution >= 4 is 17.6 Å². The summed E-state index contributed by atoms with van der Waals surface area (Å²) in [7, 11) is 0. The Morgan fingerprint density at radius 1 is 1.04 bits per heavy atom. The molecule has 0 aliphatic carbocycles. The molecule has 0 spiro atoms. The van der Waals surface area contributed by atoms with Crippen LogP contribution in [0.25, 0.3) is 0 Å². The van der Waals surface area contributed by atoms with Crippen molar-refractivity contribution in [1.29, 1.82) is 0 Å². The average molecular weight is 402 g/mol. The predicted octanol–water partition coefficient (Wildman–Crippen LogP) is 3.87. The third-order valence-corrected chi connectivity index (χ3v) is 4.77. The lowest BCUT2D eigenvalue weighted by Crippen LogP contribution is -2.38. The van der Waals surface area contributed by atoms with Gasteiger partial charge in [0.1, 0.15) is 5.15 Å². The standard InChI is InChI=1S/C22H32ClN5/c1-4-24-22(25-13-12-18-10-11-21(23)26-15-18)27-16-19-8-7-9-20(14-19)17-28(5-2)6-3/h7-11,14-15H,4-6,12-13,16-17H2,1-3H3,(H2,24,25,27). The molecule has 0 radical (unpaired) electrons. The number of benzene rings is 1. The lowest BCUT2D eigenvalue weighted by atomic mass is 10.1. The summed E-state index contributed by atoms with van der Waals surface area (Å²) in [5.41, 5.74) is 3.71. The fraction of sp³-hybridized carbons (Fsp3) is 0.455. The van der Waals surface area contributed by atoms with Gasteiger partial charge in [-0.05, 0) is 49.2 Å². The number of aliphatic imine (C=N–C) groups is 1. The van der Waals surface area contributed by atoms with E-state index in [0.29, 0.717) is 11.7 Å². The molecule has 0 saturated heterocycles. The molecule has 6 heteroatoms. The first-order valence-corrected chi connectivity index (χ1v) is 10.4. The van der Waals surface area contributed by atoms with Crippen LogP contribution in [0.3, 0.4) is 0 Å². The van der Waals surface area contributed by atoms with Crippen molar-refractivity contribution in [2.75, 3.05) is 26.2 Å². The normalized spacial score (nSPS) is 11.7. The number of rotatable bonds is 10. The summed E-state index contributed by atoms with van der Waals surface area (Å²) in [5.74, 6) is 0.832. The molecule has 0 aliphatic rings. The number of nitrogens with one attached hydrogen (secondary N) is 2. The van der Waals surface area contributed by atoms with Crippen molar-refractivity contribution in [1.82, 2.24) is 20.5 Å². The summed E-state index contributed by atoms with van der Waals surface area (Å²) in [6, 6.07) is 12.5. The monoisotopic (exact) mass is 401 g/mol. The lowest BCUT2D eigenvalue weighted by molar-refractivity contribution is 0.296. The molecule has 0 saturated carbocycles. The number of halogens is 1. The van der Waals surface area contributed by atoms with E-state index in [0.717, 1.165) is 50.7 Å². The molecule has 152 valence electrons. The number of hydrogen-bond acceptors (Lipinski definition) is 3. The predicted molar refractivity (Wildman–Crippen MR) is 119 cm³/mol. The van der Waals surface area contributed by atoms with Gasteiger partial charge in [0, 0.05) is 25.8 Å². The van der Waals surface area contributed by atoms with Crippen LogP contribution in [-0.4, -0.2) is 42.0 Å². The van der Waals surface area contributed by atoms with Gasteiger partial charge in [-0.3, -0.25) is 4.90 Å². The van der Waals surface area contributed by atoms with Crippen molar-refractivity contribution < 1.29 is 0 Å². The molecule has 0 amide bonds. The molecule has 1 aromatic heterocycles. The smallest absolute Gasteiger partial charge is 0.191 e. The summed E-state index contributed by atoms with van der Waals surface area (Å²) in [6.45, 7) is 11.9. The van der Waals surface area contributed by atoms with E-state index >= 15 is 0 Å². The molecule has 2 N–H and O–H groups in total. The number of guanidine groups is 1. The van der Waals surface area contributed by atoms with Gasteiger partial charge >= 0.3 is 0 Å². The number of aromatic nitrogens is 1. The molecule has 1 aromatic carbocycles. The van der Waals surface area contributed by atoms with Crippen LogP contribution < -0.4 is 10.6 Å². The zero-order valence-corrected chi connectivity index (χ0v) is 18.0. The van der Waals surface area contributed by atoms with Gasteiger partial charge in [-0.2, -0.15) is 0 Å². The summed E-state index contributed by atoms with van der Waals surface area (Å²) < 4.78 is 0. The summed E-state index contributed by atoms with van der Waals surface area (Å²) >= 11 is 5.83. The van der Waals surface area contributed by atoms with Crippen LogP contribution in [0.15, 0.2) is 47.6 Å². The van der Waals surface area contributed by atoms with Gasteiger partial charge in [-0.15, -0.1) is 0 Å². The zero-order chi connectivity index (χ0) is 20.2. The van der Waals surface area contributed by atoms with Crippen molar-refractivity contribution in [3.8, 4) is 0 Å². The molecular weight excluding hydrogens is 370 g/mol. The average Bonchev–Trinajstić information content (AvgIpc) is 2.72. The minimum absolute atomic E-state index is 0.523. The largest absolute Gasteiger partial charge is 0.357 e. The van der Waals surface area contributed by atoms with E-state index in [1.165, 1.54) is 11.1 Å². The fourth-order valence-electron chi connectivity index (χ4n) is 2.92. The molecule has 2 rings (SSSR count). The van der Waals surface area contributed by atoms with Crippen molar-refractivity contribution in [3.63, 3.8) is 0 Å².